The lowest BCUT2D eigenvalue weighted by Gasteiger charge is -2.22. The molecule has 0 bridgehead atoms. The van der Waals surface area contributed by atoms with Crippen molar-refractivity contribution in [3.63, 3.8) is 0 Å². The van der Waals surface area contributed by atoms with Gasteiger partial charge in [0, 0.05) is 6.04 Å². The summed E-state index contributed by atoms with van der Waals surface area (Å²) in [4.78, 5) is 0. The standard InChI is InChI=1S/C17H27FN2O/c1-21-17-9-8-14(12-16(17)18)11-15(20-19)10-13-6-4-2-3-5-7-13/h8-9,12-13,15,20H,2-7,10-11,19H2,1H3. The molecule has 4 heteroatoms. The predicted molar refractivity (Wildman–Crippen MR) is 83.6 cm³/mol. The number of methoxy groups -OCH3 is 1. The minimum Gasteiger partial charge on any atom is -0.494 e. The van der Waals surface area contributed by atoms with Crippen LogP contribution in [0.5, 0.6) is 5.75 Å². The smallest absolute Gasteiger partial charge is 0.165 e. The average molecular weight is 294 g/mol. The van der Waals surface area contributed by atoms with E-state index in [4.69, 9.17) is 10.6 Å². The molecule has 0 aliphatic heterocycles. The number of rotatable bonds is 6. The van der Waals surface area contributed by atoms with E-state index in [1.165, 1.54) is 45.6 Å². The maximum atomic E-state index is 13.7. The van der Waals surface area contributed by atoms with Crippen LogP contribution in [0.3, 0.4) is 0 Å². The fourth-order valence-electron chi connectivity index (χ4n) is 3.33. The van der Waals surface area contributed by atoms with Crippen LogP contribution in [0.4, 0.5) is 4.39 Å². The van der Waals surface area contributed by atoms with E-state index in [0.717, 1.165) is 24.3 Å². The van der Waals surface area contributed by atoms with Crippen LogP contribution in [-0.4, -0.2) is 13.2 Å². The van der Waals surface area contributed by atoms with Gasteiger partial charge in [0.15, 0.2) is 11.6 Å². The van der Waals surface area contributed by atoms with Gasteiger partial charge in [0.2, 0.25) is 0 Å². The van der Waals surface area contributed by atoms with Crippen LogP contribution < -0.4 is 16.0 Å². The fraction of sp³-hybridized carbons (Fsp3) is 0.647. The number of nitrogens with one attached hydrogen (secondary N) is 1. The normalized spacial score (nSPS) is 18.2. The van der Waals surface area contributed by atoms with E-state index >= 15 is 0 Å². The van der Waals surface area contributed by atoms with Crippen molar-refractivity contribution >= 4 is 0 Å². The van der Waals surface area contributed by atoms with Crippen molar-refractivity contribution in [1.82, 2.24) is 5.43 Å². The first-order valence-electron chi connectivity index (χ1n) is 8.01. The van der Waals surface area contributed by atoms with Gasteiger partial charge in [-0.2, -0.15) is 0 Å². The maximum absolute atomic E-state index is 13.7. The Bertz CT molecular complexity index is 431. The van der Waals surface area contributed by atoms with Crippen LogP contribution in [0.25, 0.3) is 0 Å². The first-order valence-corrected chi connectivity index (χ1v) is 8.01. The Morgan fingerprint density at radius 3 is 2.57 bits per heavy atom. The zero-order chi connectivity index (χ0) is 15.1. The van der Waals surface area contributed by atoms with E-state index in [1.54, 1.807) is 12.1 Å². The lowest BCUT2D eigenvalue weighted by molar-refractivity contribution is 0.351. The van der Waals surface area contributed by atoms with E-state index in [-0.39, 0.29) is 11.9 Å². The Morgan fingerprint density at radius 2 is 2.00 bits per heavy atom. The largest absolute Gasteiger partial charge is 0.494 e. The molecular formula is C17H27FN2O. The predicted octanol–water partition coefficient (Wildman–Crippen LogP) is 3.57. The van der Waals surface area contributed by atoms with E-state index in [9.17, 15) is 4.39 Å². The van der Waals surface area contributed by atoms with Gasteiger partial charge in [-0.05, 0) is 36.5 Å². The number of benzene rings is 1. The van der Waals surface area contributed by atoms with Crippen LogP contribution in [0, 0.1) is 11.7 Å². The van der Waals surface area contributed by atoms with E-state index in [2.05, 4.69) is 5.43 Å². The molecule has 1 aromatic carbocycles. The summed E-state index contributed by atoms with van der Waals surface area (Å²) in [5.41, 5.74) is 3.88. The summed E-state index contributed by atoms with van der Waals surface area (Å²) >= 11 is 0. The molecular weight excluding hydrogens is 267 g/mol. The first-order chi connectivity index (χ1) is 10.2. The topological polar surface area (TPSA) is 47.3 Å². The summed E-state index contributed by atoms with van der Waals surface area (Å²) in [6, 6.07) is 5.36. The lowest BCUT2D eigenvalue weighted by Crippen LogP contribution is -2.38. The molecule has 1 unspecified atom stereocenters. The third-order valence-corrected chi connectivity index (χ3v) is 4.53. The van der Waals surface area contributed by atoms with Gasteiger partial charge >= 0.3 is 0 Å². The highest BCUT2D eigenvalue weighted by molar-refractivity contribution is 5.29. The van der Waals surface area contributed by atoms with Crippen molar-refractivity contribution in [3.05, 3.63) is 29.6 Å². The second kappa shape index (κ2) is 8.35. The third-order valence-electron chi connectivity index (χ3n) is 4.53. The van der Waals surface area contributed by atoms with Gasteiger partial charge in [0.1, 0.15) is 0 Å². The summed E-state index contributed by atoms with van der Waals surface area (Å²) in [5.74, 6) is 6.44. The Kier molecular flexibility index (Phi) is 6.46. The summed E-state index contributed by atoms with van der Waals surface area (Å²) < 4.78 is 18.7. The number of hydrazine groups is 1. The van der Waals surface area contributed by atoms with Crippen LogP contribution in [0.15, 0.2) is 18.2 Å². The monoisotopic (exact) mass is 294 g/mol. The molecule has 3 nitrogen and oxygen atoms in total. The van der Waals surface area contributed by atoms with Gasteiger partial charge in [-0.3, -0.25) is 11.3 Å². The zero-order valence-corrected chi connectivity index (χ0v) is 12.9. The van der Waals surface area contributed by atoms with Crippen LogP contribution in [0.1, 0.15) is 50.5 Å². The second-order valence-corrected chi connectivity index (χ2v) is 6.13. The molecule has 0 aromatic heterocycles. The molecule has 0 saturated heterocycles. The van der Waals surface area contributed by atoms with Crippen LogP contribution in [-0.2, 0) is 6.42 Å². The zero-order valence-electron chi connectivity index (χ0n) is 12.9. The number of nitrogens with two attached hydrogens (primary N) is 1. The Hall–Kier alpha value is -1.13. The molecule has 0 radical (unpaired) electrons. The number of hydrogen-bond donors (Lipinski definition) is 2. The van der Waals surface area contributed by atoms with Gasteiger partial charge in [-0.25, -0.2) is 4.39 Å². The molecule has 2 rings (SSSR count). The molecule has 1 aromatic rings. The first kappa shape index (κ1) is 16.2. The Balaban J connectivity index is 1.93. The van der Waals surface area contributed by atoms with E-state index in [1.807, 2.05) is 6.07 Å². The summed E-state index contributed by atoms with van der Waals surface area (Å²) in [6.07, 6.45) is 9.82. The minimum absolute atomic E-state index is 0.209. The van der Waals surface area contributed by atoms with Crippen molar-refractivity contribution in [2.24, 2.45) is 11.8 Å². The van der Waals surface area contributed by atoms with Crippen LogP contribution in [0.2, 0.25) is 0 Å². The van der Waals surface area contributed by atoms with Crippen molar-refractivity contribution in [1.29, 1.82) is 0 Å². The lowest BCUT2D eigenvalue weighted by atomic mass is 9.90. The molecule has 3 N–H and O–H groups in total. The SMILES string of the molecule is COc1ccc(CC(CC2CCCCCC2)NN)cc1F. The molecule has 1 aliphatic carbocycles. The van der Waals surface area contributed by atoms with Crippen molar-refractivity contribution in [3.8, 4) is 5.75 Å². The quantitative estimate of drug-likeness (QED) is 0.479. The Morgan fingerprint density at radius 1 is 1.29 bits per heavy atom. The molecule has 0 amide bonds. The average Bonchev–Trinajstić information content (AvgIpc) is 2.75. The second-order valence-electron chi connectivity index (χ2n) is 6.13. The molecule has 118 valence electrons. The molecule has 1 aliphatic rings. The highest BCUT2D eigenvalue weighted by atomic mass is 19.1. The highest BCUT2D eigenvalue weighted by Gasteiger charge is 2.18. The minimum atomic E-state index is -0.305. The van der Waals surface area contributed by atoms with Gasteiger partial charge in [0.05, 0.1) is 7.11 Å². The van der Waals surface area contributed by atoms with Gasteiger partial charge in [-0.15, -0.1) is 0 Å². The summed E-state index contributed by atoms with van der Waals surface area (Å²) in [7, 11) is 1.48. The van der Waals surface area contributed by atoms with Crippen molar-refractivity contribution < 1.29 is 9.13 Å². The van der Waals surface area contributed by atoms with Crippen molar-refractivity contribution in [2.45, 2.75) is 57.4 Å². The molecule has 21 heavy (non-hydrogen) atoms. The third kappa shape index (κ3) is 4.97. The fourth-order valence-corrected chi connectivity index (χ4v) is 3.33. The molecule has 1 saturated carbocycles. The molecule has 1 fully saturated rings. The van der Waals surface area contributed by atoms with E-state index in [0.29, 0.717) is 5.75 Å². The maximum Gasteiger partial charge on any atom is 0.165 e. The summed E-state index contributed by atoms with van der Waals surface area (Å²) in [6.45, 7) is 0. The van der Waals surface area contributed by atoms with Gasteiger partial charge < -0.3 is 4.74 Å². The van der Waals surface area contributed by atoms with Gasteiger partial charge in [0.25, 0.3) is 0 Å². The Labute approximate surface area is 127 Å². The number of hydrogen-bond acceptors (Lipinski definition) is 3. The van der Waals surface area contributed by atoms with Gasteiger partial charge in [-0.1, -0.05) is 44.6 Å². The molecule has 0 spiro atoms. The molecule has 0 heterocycles. The van der Waals surface area contributed by atoms with Crippen molar-refractivity contribution in [2.75, 3.05) is 7.11 Å². The van der Waals surface area contributed by atoms with E-state index < -0.39 is 0 Å². The van der Waals surface area contributed by atoms with Crippen LogP contribution >= 0.6 is 0 Å². The summed E-state index contributed by atoms with van der Waals surface area (Å²) in [5, 5.41) is 0. The number of halogens is 1. The number of ether oxygens (including phenoxy) is 1. The molecule has 1 atom stereocenters. The highest BCUT2D eigenvalue weighted by Crippen LogP contribution is 2.27.